The molecule has 152 valence electrons. The van der Waals surface area contributed by atoms with Gasteiger partial charge in [0.1, 0.15) is 5.92 Å². The molecule has 0 aromatic heterocycles. The first-order valence-corrected chi connectivity index (χ1v) is 10.0. The molecule has 0 saturated carbocycles. The molecule has 1 N–H and O–H groups in total. The van der Waals surface area contributed by atoms with Gasteiger partial charge in [0.05, 0.1) is 36.0 Å². The van der Waals surface area contributed by atoms with Gasteiger partial charge in [0.25, 0.3) is 11.6 Å². The molecule has 0 unspecified atom stereocenters. The highest BCUT2D eigenvalue weighted by Crippen LogP contribution is 2.26. The lowest BCUT2D eigenvalue weighted by molar-refractivity contribution is -0.896. The second kappa shape index (κ2) is 10.7. The van der Waals surface area contributed by atoms with E-state index in [4.69, 9.17) is 0 Å². The van der Waals surface area contributed by atoms with Crippen molar-refractivity contribution in [2.75, 3.05) is 31.2 Å². The fourth-order valence-electron chi connectivity index (χ4n) is 3.23. The Hall–Kier alpha value is -2.61. The lowest BCUT2D eigenvalue weighted by atomic mass is 10.0. The highest BCUT2D eigenvalue weighted by molar-refractivity contribution is 6.24. The molecule has 8 nitrogen and oxygen atoms in total. The predicted molar refractivity (Wildman–Crippen MR) is 111 cm³/mol. The van der Waals surface area contributed by atoms with Crippen molar-refractivity contribution in [3.8, 4) is 0 Å². The Morgan fingerprint density at radius 2 is 1.93 bits per heavy atom. The van der Waals surface area contributed by atoms with Crippen molar-refractivity contribution in [1.29, 1.82) is 0 Å². The van der Waals surface area contributed by atoms with Crippen LogP contribution in [0.2, 0.25) is 0 Å². The Labute approximate surface area is 166 Å². The van der Waals surface area contributed by atoms with Gasteiger partial charge in [-0.05, 0) is 32.4 Å². The van der Waals surface area contributed by atoms with Crippen LogP contribution in [0.15, 0.2) is 34.4 Å². The first-order valence-electron chi connectivity index (χ1n) is 10.0. The summed E-state index contributed by atoms with van der Waals surface area (Å²) in [6.07, 6.45) is 4.31. The minimum Gasteiger partial charge on any atom is -0.335 e. The van der Waals surface area contributed by atoms with Crippen molar-refractivity contribution in [2.24, 2.45) is 16.0 Å². The van der Waals surface area contributed by atoms with Crippen molar-refractivity contribution >= 4 is 29.2 Å². The molecule has 1 aromatic carbocycles. The normalized spacial score (nSPS) is 17.0. The zero-order valence-corrected chi connectivity index (χ0v) is 16.9. The Balaban J connectivity index is 2.04. The summed E-state index contributed by atoms with van der Waals surface area (Å²) in [7, 11) is 0. The highest BCUT2D eigenvalue weighted by atomic mass is 16.6. The summed E-state index contributed by atoms with van der Waals surface area (Å²) in [4.78, 5) is 29.2. The van der Waals surface area contributed by atoms with Gasteiger partial charge in [-0.1, -0.05) is 13.3 Å². The number of non-ortho nitro benzene ring substituents is 1. The average molecular weight is 388 g/mol. The number of carbonyl (C=O) groups excluding carboxylic acids is 1. The largest absolute Gasteiger partial charge is 0.335 e. The molecule has 1 atom stereocenters. The summed E-state index contributed by atoms with van der Waals surface area (Å²) >= 11 is 0. The van der Waals surface area contributed by atoms with E-state index in [1.165, 1.54) is 17.1 Å². The van der Waals surface area contributed by atoms with Gasteiger partial charge in [0, 0.05) is 31.3 Å². The van der Waals surface area contributed by atoms with Gasteiger partial charge in [0.2, 0.25) is 0 Å². The average Bonchev–Trinajstić information content (AvgIpc) is 3.00. The Morgan fingerprint density at radius 1 is 1.25 bits per heavy atom. The first kappa shape index (κ1) is 21.7. The van der Waals surface area contributed by atoms with Gasteiger partial charge >= 0.3 is 0 Å². The van der Waals surface area contributed by atoms with Crippen LogP contribution in [0.1, 0.15) is 40.0 Å². The molecule has 0 aliphatic carbocycles. The smallest absolute Gasteiger partial charge is 0.269 e. The quantitative estimate of drug-likeness (QED) is 0.272. The number of quaternary nitrogens is 1. The van der Waals surface area contributed by atoms with Gasteiger partial charge in [-0.25, -0.2) is 0 Å². The van der Waals surface area contributed by atoms with Gasteiger partial charge in [-0.2, -0.15) is 10.1 Å². The minimum absolute atomic E-state index is 0.0124. The summed E-state index contributed by atoms with van der Waals surface area (Å²) in [6.45, 7) is 10.4. The third kappa shape index (κ3) is 5.45. The van der Waals surface area contributed by atoms with Gasteiger partial charge in [-0.3, -0.25) is 19.9 Å². The molecular weight excluding hydrogens is 358 g/mol. The molecule has 1 aliphatic heterocycles. The highest BCUT2D eigenvalue weighted by Gasteiger charge is 2.35. The maximum absolute atomic E-state index is 12.9. The van der Waals surface area contributed by atoms with Crippen molar-refractivity contribution < 1.29 is 14.6 Å². The number of rotatable bonds is 11. The van der Waals surface area contributed by atoms with Crippen LogP contribution in [0.4, 0.5) is 11.4 Å². The van der Waals surface area contributed by atoms with Crippen LogP contribution in [0.3, 0.4) is 0 Å². The number of hydrogen-bond acceptors (Lipinski definition) is 5. The molecule has 28 heavy (non-hydrogen) atoms. The number of hydrogen-bond donors (Lipinski definition) is 1. The number of nitrogens with one attached hydrogen (secondary N) is 1. The summed E-state index contributed by atoms with van der Waals surface area (Å²) in [5.41, 5.74) is 1.32. The van der Waals surface area contributed by atoms with E-state index in [1.807, 2.05) is 6.92 Å². The van der Waals surface area contributed by atoms with Gasteiger partial charge < -0.3 is 4.90 Å². The molecule has 1 aliphatic rings. The third-order valence-electron chi connectivity index (χ3n) is 4.95. The van der Waals surface area contributed by atoms with E-state index in [-0.39, 0.29) is 11.6 Å². The van der Waals surface area contributed by atoms with E-state index in [0.717, 1.165) is 44.6 Å². The topological polar surface area (TPSA) is 92.6 Å². The molecule has 1 aromatic rings. The van der Waals surface area contributed by atoms with Crippen LogP contribution in [0, 0.1) is 16.0 Å². The standard InChI is InChI=1S/C20H29N5O3/c1-4-8-19-18(15-21-13-7-14-23(5-2)6-3)20(26)24(22-19)16-9-11-17(12-10-16)25(27)28/h9-12,15,18H,4-8,13-14H2,1-3H3/p+1/t18-/m1/s1. The number of benzene rings is 1. The second-order valence-electron chi connectivity index (χ2n) is 6.86. The zero-order valence-electron chi connectivity index (χ0n) is 16.9. The summed E-state index contributed by atoms with van der Waals surface area (Å²) in [6, 6.07) is 5.87. The number of anilines is 1. The maximum atomic E-state index is 12.9. The molecule has 0 spiro atoms. The van der Waals surface area contributed by atoms with Crippen LogP contribution < -0.4 is 9.91 Å². The second-order valence-corrected chi connectivity index (χ2v) is 6.86. The van der Waals surface area contributed by atoms with Crippen LogP contribution in [0.25, 0.3) is 0 Å². The zero-order chi connectivity index (χ0) is 20.5. The number of nitrogens with zero attached hydrogens (tertiary/aromatic N) is 4. The molecule has 8 heteroatoms. The number of nitro groups is 1. The number of amides is 1. The van der Waals surface area contributed by atoms with Crippen molar-refractivity contribution in [1.82, 2.24) is 0 Å². The fourth-order valence-corrected chi connectivity index (χ4v) is 3.23. The number of nitro benzene ring substituents is 1. The molecule has 2 rings (SSSR count). The SMILES string of the molecule is CCCC1=NN(c2ccc([N+](=O)[O-])cc2)C(=O)[C@@H]1C=NCCC[NH+](CC)CC. The lowest BCUT2D eigenvalue weighted by Crippen LogP contribution is -3.11. The van der Waals surface area contributed by atoms with E-state index in [1.54, 1.807) is 23.2 Å². The van der Waals surface area contributed by atoms with E-state index < -0.39 is 10.8 Å². The molecule has 0 fully saturated rings. The molecular formula is C20H30N5O3+. The summed E-state index contributed by atoms with van der Waals surface area (Å²) in [5, 5.41) is 16.6. The van der Waals surface area contributed by atoms with E-state index in [0.29, 0.717) is 12.2 Å². The maximum Gasteiger partial charge on any atom is 0.269 e. The summed E-state index contributed by atoms with van der Waals surface area (Å²) < 4.78 is 0. The fraction of sp³-hybridized carbons (Fsp3) is 0.550. The molecule has 1 amide bonds. The number of aliphatic imine (C=N–C) groups is 1. The third-order valence-corrected chi connectivity index (χ3v) is 4.95. The van der Waals surface area contributed by atoms with Crippen molar-refractivity contribution in [3.63, 3.8) is 0 Å². The Morgan fingerprint density at radius 3 is 2.50 bits per heavy atom. The van der Waals surface area contributed by atoms with Crippen LogP contribution >= 0.6 is 0 Å². The van der Waals surface area contributed by atoms with Crippen molar-refractivity contribution in [2.45, 2.75) is 40.0 Å². The van der Waals surface area contributed by atoms with Gasteiger partial charge in [0.15, 0.2) is 0 Å². The van der Waals surface area contributed by atoms with Gasteiger partial charge in [-0.15, -0.1) is 0 Å². The molecule has 0 radical (unpaired) electrons. The molecule has 0 saturated heterocycles. The molecule has 0 bridgehead atoms. The van der Waals surface area contributed by atoms with E-state index >= 15 is 0 Å². The van der Waals surface area contributed by atoms with Crippen molar-refractivity contribution in [3.05, 3.63) is 34.4 Å². The number of carbonyl (C=O) groups is 1. The predicted octanol–water partition coefficient (Wildman–Crippen LogP) is 2.10. The van der Waals surface area contributed by atoms with E-state index in [9.17, 15) is 14.9 Å². The first-order chi connectivity index (χ1) is 13.5. The lowest BCUT2D eigenvalue weighted by Gasteiger charge is -2.14. The van der Waals surface area contributed by atoms with E-state index in [2.05, 4.69) is 23.9 Å². The van der Waals surface area contributed by atoms with Crippen LogP contribution in [-0.2, 0) is 4.79 Å². The Bertz CT molecular complexity index is 726. The monoisotopic (exact) mass is 388 g/mol. The van der Waals surface area contributed by atoms with Crippen LogP contribution in [0.5, 0.6) is 0 Å². The Kier molecular flexibility index (Phi) is 8.25. The number of hydrazone groups is 1. The summed E-state index contributed by atoms with van der Waals surface area (Å²) in [5.74, 6) is -0.605. The molecule has 1 heterocycles. The van der Waals surface area contributed by atoms with Crippen LogP contribution in [-0.4, -0.2) is 48.9 Å². The minimum atomic E-state index is -0.462.